The van der Waals surface area contributed by atoms with Gasteiger partial charge in [0.05, 0.1) is 0 Å². The first kappa shape index (κ1) is 18.7. The molecule has 28 heavy (non-hydrogen) atoms. The van der Waals surface area contributed by atoms with Crippen molar-refractivity contribution >= 4 is 17.5 Å². The largest absolute Gasteiger partial charge is 0.356 e. The predicted molar refractivity (Wildman–Crippen MR) is 113 cm³/mol. The molecule has 1 aromatic heterocycles. The van der Waals surface area contributed by atoms with E-state index in [1.165, 1.54) is 12.8 Å². The molecule has 3 heterocycles. The number of amides is 1. The smallest absolute Gasteiger partial charge is 0.219 e. The van der Waals surface area contributed by atoms with E-state index < -0.39 is 0 Å². The van der Waals surface area contributed by atoms with Crippen LogP contribution in [-0.4, -0.2) is 60.0 Å². The lowest BCUT2D eigenvalue weighted by molar-refractivity contribution is -0.129. The Morgan fingerprint density at radius 2 is 1.64 bits per heavy atom. The van der Waals surface area contributed by atoms with Crippen LogP contribution in [0.25, 0.3) is 11.4 Å². The highest BCUT2D eigenvalue weighted by Crippen LogP contribution is 2.28. The standard InChI is InChI=1S/C22H29N5O/c1-17-7-6-10-27(16-17)21-15-20(26-13-11-25(12-14-26)18(2)28)23-22(24-21)19-8-4-3-5-9-19/h3-5,8-9,15,17H,6-7,10-14,16H2,1-2H3. The zero-order chi connectivity index (χ0) is 19.5. The van der Waals surface area contributed by atoms with Crippen molar-refractivity contribution in [2.45, 2.75) is 26.7 Å². The molecule has 6 nitrogen and oxygen atoms in total. The van der Waals surface area contributed by atoms with E-state index >= 15 is 0 Å². The molecule has 0 bridgehead atoms. The van der Waals surface area contributed by atoms with Gasteiger partial charge in [0.2, 0.25) is 5.91 Å². The molecule has 2 aliphatic rings. The highest BCUT2D eigenvalue weighted by molar-refractivity contribution is 5.73. The second-order valence-electron chi connectivity index (χ2n) is 7.96. The Hall–Kier alpha value is -2.63. The van der Waals surface area contributed by atoms with Crippen molar-refractivity contribution in [2.24, 2.45) is 5.92 Å². The molecule has 148 valence electrons. The number of rotatable bonds is 3. The fraction of sp³-hybridized carbons (Fsp3) is 0.500. The predicted octanol–water partition coefficient (Wildman–Crippen LogP) is 3.05. The van der Waals surface area contributed by atoms with E-state index in [0.717, 1.165) is 62.3 Å². The lowest BCUT2D eigenvalue weighted by Gasteiger charge is -2.36. The summed E-state index contributed by atoms with van der Waals surface area (Å²) < 4.78 is 0. The molecule has 4 rings (SSSR count). The van der Waals surface area contributed by atoms with E-state index in [-0.39, 0.29) is 5.91 Å². The molecular formula is C22H29N5O. The Labute approximate surface area is 167 Å². The second kappa shape index (κ2) is 8.17. The lowest BCUT2D eigenvalue weighted by atomic mass is 10.0. The number of benzene rings is 1. The minimum Gasteiger partial charge on any atom is -0.356 e. The first-order valence-corrected chi connectivity index (χ1v) is 10.3. The number of hydrogen-bond donors (Lipinski definition) is 0. The molecule has 1 unspecified atom stereocenters. The maximum Gasteiger partial charge on any atom is 0.219 e. The van der Waals surface area contributed by atoms with Crippen LogP contribution in [-0.2, 0) is 4.79 Å². The second-order valence-corrected chi connectivity index (χ2v) is 7.96. The number of carbonyl (C=O) groups excluding carboxylic acids is 1. The van der Waals surface area contributed by atoms with Crippen molar-refractivity contribution in [3.63, 3.8) is 0 Å². The van der Waals surface area contributed by atoms with Crippen LogP contribution >= 0.6 is 0 Å². The van der Waals surface area contributed by atoms with Gasteiger partial charge in [0.25, 0.3) is 0 Å². The van der Waals surface area contributed by atoms with E-state index in [1.807, 2.05) is 23.1 Å². The maximum atomic E-state index is 11.6. The van der Waals surface area contributed by atoms with Crippen LogP contribution in [0.3, 0.4) is 0 Å². The fourth-order valence-electron chi connectivity index (χ4n) is 4.11. The number of piperazine rings is 1. The molecule has 1 aromatic carbocycles. The van der Waals surface area contributed by atoms with E-state index in [1.54, 1.807) is 6.92 Å². The van der Waals surface area contributed by atoms with Gasteiger partial charge in [0.1, 0.15) is 11.6 Å². The summed E-state index contributed by atoms with van der Waals surface area (Å²) in [5.74, 6) is 3.59. The Morgan fingerprint density at radius 3 is 2.29 bits per heavy atom. The fourth-order valence-corrected chi connectivity index (χ4v) is 4.11. The van der Waals surface area contributed by atoms with Crippen LogP contribution in [0, 0.1) is 5.92 Å². The molecule has 0 aliphatic carbocycles. The third-order valence-electron chi connectivity index (χ3n) is 5.76. The van der Waals surface area contributed by atoms with E-state index in [0.29, 0.717) is 5.92 Å². The van der Waals surface area contributed by atoms with Crippen molar-refractivity contribution in [3.8, 4) is 11.4 Å². The third-order valence-corrected chi connectivity index (χ3v) is 5.76. The van der Waals surface area contributed by atoms with Crippen LogP contribution in [0.15, 0.2) is 36.4 Å². The molecule has 1 amide bonds. The van der Waals surface area contributed by atoms with Crippen molar-refractivity contribution in [3.05, 3.63) is 36.4 Å². The SMILES string of the molecule is CC(=O)N1CCN(c2cc(N3CCCC(C)C3)nc(-c3ccccc3)n2)CC1. The van der Waals surface area contributed by atoms with E-state index in [9.17, 15) is 4.79 Å². The van der Waals surface area contributed by atoms with E-state index in [4.69, 9.17) is 9.97 Å². The summed E-state index contributed by atoms with van der Waals surface area (Å²) in [6.45, 7) is 9.15. The monoisotopic (exact) mass is 379 g/mol. The minimum atomic E-state index is 0.148. The summed E-state index contributed by atoms with van der Waals surface area (Å²) in [4.78, 5) is 28.1. The zero-order valence-electron chi connectivity index (χ0n) is 16.8. The average Bonchev–Trinajstić information content (AvgIpc) is 2.74. The van der Waals surface area contributed by atoms with Gasteiger partial charge in [0.15, 0.2) is 5.82 Å². The van der Waals surface area contributed by atoms with Gasteiger partial charge in [-0.25, -0.2) is 9.97 Å². The summed E-state index contributed by atoms with van der Waals surface area (Å²) in [6.07, 6.45) is 2.49. The van der Waals surface area contributed by atoms with Gasteiger partial charge in [-0.05, 0) is 18.8 Å². The van der Waals surface area contributed by atoms with Crippen molar-refractivity contribution in [1.82, 2.24) is 14.9 Å². The van der Waals surface area contributed by atoms with Crippen LogP contribution in [0.5, 0.6) is 0 Å². The quantitative estimate of drug-likeness (QED) is 0.820. The maximum absolute atomic E-state index is 11.6. The molecule has 2 aromatic rings. The minimum absolute atomic E-state index is 0.148. The lowest BCUT2D eigenvalue weighted by Crippen LogP contribution is -2.48. The first-order valence-electron chi connectivity index (χ1n) is 10.3. The number of aromatic nitrogens is 2. The molecule has 2 saturated heterocycles. The van der Waals surface area contributed by atoms with Crippen molar-refractivity contribution in [1.29, 1.82) is 0 Å². The molecule has 0 N–H and O–H groups in total. The molecule has 0 spiro atoms. The van der Waals surface area contributed by atoms with Crippen molar-refractivity contribution < 1.29 is 4.79 Å². The average molecular weight is 380 g/mol. The molecule has 2 aliphatic heterocycles. The van der Waals surface area contributed by atoms with Gasteiger partial charge in [-0.15, -0.1) is 0 Å². The van der Waals surface area contributed by atoms with Crippen LogP contribution in [0.2, 0.25) is 0 Å². The summed E-state index contributed by atoms with van der Waals surface area (Å²) in [6, 6.07) is 12.3. The van der Waals surface area contributed by atoms with Crippen LogP contribution in [0.1, 0.15) is 26.7 Å². The Kier molecular flexibility index (Phi) is 5.46. The molecule has 0 radical (unpaired) electrons. The highest BCUT2D eigenvalue weighted by Gasteiger charge is 2.23. The summed E-state index contributed by atoms with van der Waals surface area (Å²) in [5, 5.41) is 0. The number of hydrogen-bond acceptors (Lipinski definition) is 5. The molecule has 1 atom stereocenters. The number of piperidine rings is 1. The van der Waals surface area contributed by atoms with Crippen LogP contribution < -0.4 is 9.80 Å². The van der Waals surface area contributed by atoms with Gasteiger partial charge >= 0.3 is 0 Å². The van der Waals surface area contributed by atoms with Gasteiger partial charge < -0.3 is 14.7 Å². The highest BCUT2D eigenvalue weighted by atomic mass is 16.2. The first-order chi connectivity index (χ1) is 13.6. The van der Waals surface area contributed by atoms with E-state index in [2.05, 4.69) is 34.9 Å². The zero-order valence-corrected chi connectivity index (χ0v) is 16.8. The van der Waals surface area contributed by atoms with Gasteiger partial charge in [-0.1, -0.05) is 37.3 Å². The number of anilines is 2. The normalized spacial score (nSPS) is 20.4. The van der Waals surface area contributed by atoms with Gasteiger partial charge in [-0.3, -0.25) is 4.79 Å². The summed E-state index contributed by atoms with van der Waals surface area (Å²) >= 11 is 0. The Bertz CT molecular complexity index is 817. The third kappa shape index (κ3) is 4.11. The molecule has 6 heteroatoms. The van der Waals surface area contributed by atoms with Crippen molar-refractivity contribution in [2.75, 3.05) is 49.1 Å². The van der Waals surface area contributed by atoms with Crippen LogP contribution in [0.4, 0.5) is 11.6 Å². The molecule has 0 saturated carbocycles. The Balaban J connectivity index is 1.65. The topological polar surface area (TPSA) is 52.6 Å². The number of nitrogens with zero attached hydrogens (tertiary/aromatic N) is 5. The van der Waals surface area contributed by atoms with Gasteiger partial charge in [-0.2, -0.15) is 0 Å². The summed E-state index contributed by atoms with van der Waals surface area (Å²) in [7, 11) is 0. The van der Waals surface area contributed by atoms with Gasteiger partial charge in [0, 0.05) is 57.8 Å². The Morgan fingerprint density at radius 1 is 0.964 bits per heavy atom. The molecule has 2 fully saturated rings. The summed E-state index contributed by atoms with van der Waals surface area (Å²) in [5.41, 5.74) is 1.04. The molecular weight excluding hydrogens is 350 g/mol. The number of carbonyl (C=O) groups is 1.